The summed E-state index contributed by atoms with van der Waals surface area (Å²) in [4.78, 5) is 11.8. The van der Waals surface area contributed by atoms with E-state index in [1.54, 1.807) is 55.7 Å². The lowest BCUT2D eigenvalue weighted by Crippen LogP contribution is -2.07. The predicted molar refractivity (Wildman–Crippen MR) is 81.8 cm³/mol. The molecule has 0 spiro atoms. The SMILES string of the molecule is COc1ccc(NC(=O)C=Cc2ccccc2C#N)cc1. The van der Waals surface area contributed by atoms with E-state index in [1.165, 1.54) is 6.08 Å². The number of nitrogens with one attached hydrogen (secondary N) is 1. The van der Waals surface area contributed by atoms with Gasteiger partial charge in [0, 0.05) is 11.8 Å². The van der Waals surface area contributed by atoms with Crippen LogP contribution in [0, 0.1) is 11.3 Å². The van der Waals surface area contributed by atoms with Crippen LogP contribution in [0.3, 0.4) is 0 Å². The second kappa shape index (κ2) is 6.92. The van der Waals surface area contributed by atoms with Crippen LogP contribution >= 0.6 is 0 Å². The summed E-state index contributed by atoms with van der Waals surface area (Å²) in [6.07, 6.45) is 3.03. The Morgan fingerprint density at radius 2 is 1.90 bits per heavy atom. The molecule has 0 saturated heterocycles. The van der Waals surface area contributed by atoms with E-state index < -0.39 is 0 Å². The molecule has 4 nitrogen and oxygen atoms in total. The molecule has 0 atom stereocenters. The standard InChI is InChI=1S/C17H14N2O2/c1-21-16-9-7-15(8-10-16)19-17(20)11-6-13-4-2-3-5-14(13)12-18/h2-11H,1H3,(H,19,20). The van der Waals surface area contributed by atoms with Crippen LogP contribution in [-0.2, 0) is 4.79 Å². The van der Waals surface area contributed by atoms with Gasteiger partial charge < -0.3 is 10.1 Å². The Kier molecular flexibility index (Phi) is 4.73. The van der Waals surface area contributed by atoms with E-state index in [-0.39, 0.29) is 5.91 Å². The fraction of sp³-hybridized carbons (Fsp3) is 0.0588. The Labute approximate surface area is 123 Å². The average Bonchev–Trinajstić information content (AvgIpc) is 2.54. The molecule has 0 fully saturated rings. The van der Waals surface area contributed by atoms with E-state index in [9.17, 15) is 4.79 Å². The van der Waals surface area contributed by atoms with Crippen LogP contribution in [0.5, 0.6) is 5.75 Å². The monoisotopic (exact) mass is 278 g/mol. The van der Waals surface area contributed by atoms with Gasteiger partial charge in [-0.3, -0.25) is 4.79 Å². The minimum Gasteiger partial charge on any atom is -0.497 e. The molecule has 0 radical (unpaired) electrons. The number of anilines is 1. The Bertz CT molecular complexity index is 697. The van der Waals surface area contributed by atoms with E-state index >= 15 is 0 Å². The Morgan fingerprint density at radius 1 is 1.19 bits per heavy atom. The molecule has 0 aliphatic heterocycles. The van der Waals surface area contributed by atoms with Gasteiger partial charge in [0.25, 0.3) is 0 Å². The van der Waals surface area contributed by atoms with E-state index in [0.29, 0.717) is 16.8 Å². The van der Waals surface area contributed by atoms with Crippen molar-refractivity contribution < 1.29 is 9.53 Å². The average molecular weight is 278 g/mol. The number of ether oxygens (including phenoxy) is 1. The smallest absolute Gasteiger partial charge is 0.248 e. The molecule has 2 rings (SSSR count). The second-order valence-electron chi connectivity index (χ2n) is 4.25. The third-order valence-electron chi connectivity index (χ3n) is 2.85. The molecule has 21 heavy (non-hydrogen) atoms. The molecule has 0 saturated carbocycles. The third kappa shape index (κ3) is 3.95. The summed E-state index contributed by atoms with van der Waals surface area (Å²) in [7, 11) is 1.59. The molecule has 0 bridgehead atoms. The van der Waals surface area contributed by atoms with Gasteiger partial charge in [0.1, 0.15) is 5.75 Å². The topological polar surface area (TPSA) is 62.1 Å². The molecule has 0 aliphatic carbocycles. The molecule has 2 aromatic rings. The lowest BCUT2D eigenvalue weighted by atomic mass is 10.1. The number of methoxy groups -OCH3 is 1. The number of benzene rings is 2. The van der Waals surface area contributed by atoms with Gasteiger partial charge in [0.05, 0.1) is 18.7 Å². The fourth-order valence-corrected chi connectivity index (χ4v) is 1.77. The molecule has 0 unspecified atom stereocenters. The highest BCUT2D eigenvalue weighted by Gasteiger charge is 2.00. The lowest BCUT2D eigenvalue weighted by Gasteiger charge is -2.03. The minimum absolute atomic E-state index is 0.257. The van der Waals surface area contributed by atoms with Crippen LogP contribution in [-0.4, -0.2) is 13.0 Å². The van der Waals surface area contributed by atoms with E-state index in [2.05, 4.69) is 11.4 Å². The van der Waals surface area contributed by atoms with E-state index in [4.69, 9.17) is 10.00 Å². The zero-order valence-electron chi connectivity index (χ0n) is 11.5. The highest BCUT2D eigenvalue weighted by atomic mass is 16.5. The van der Waals surface area contributed by atoms with Crippen LogP contribution in [0.2, 0.25) is 0 Å². The third-order valence-corrected chi connectivity index (χ3v) is 2.85. The summed E-state index contributed by atoms with van der Waals surface area (Å²) in [5, 5.41) is 11.7. The maximum atomic E-state index is 11.8. The van der Waals surface area contributed by atoms with Crippen molar-refractivity contribution in [2.24, 2.45) is 0 Å². The van der Waals surface area contributed by atoms with Gasteiger partial charge in [-0.15, -0.1) is 0 Å². The molecule has 1 amide bonds. The van der Waals surface area contributed by atoms with Crippen LogP contribution in [0.15, 0.2) is 54.6 Å². The van der Waals surface area contributed by atoms with Gasteiger partial charge >= 0.3 is 0 Å². The van der Waals surface area contributed by atoms with Crippen LogP contribution in [0.25, 0.3) is 6.08 Å². The number of carbonyl (C=O) groups excluding carboxylic acids is 1. The van der Waals surface area contributed by atoms with Gasteiger partial charge in [0.15, 0.2) is 0 Å². The number of nitrogens with zero attached hydrogens (tertiary/aromatic N) is 1. The first kappa shape index (κ1) is 14.4. The molecule has 4 heteroatoms. The van der Waals surface area contributed by atoms with Crippen molar-refractivity contribution >= 4 is 17.7 Å². The van der Waals surface area contributed by atoms with Crippen molar-refractivity contribution in [1.82, 2.24) is 0 Å². The molecule has 0 aliphatic rings. The molecular weight excluding hydrogens is 264 g/mol. The number of hydrogen-bond donors (Lipinski definition) is 1. The van der Waals surface area contributed by atoms with Crippen LogP contribution in [0.1, 0.15) is 11.1 Å². The summed E-state index contributed by atoms with van der Waals surface area (Å²) in [6, 6.07) is 16.2. The fourth-order valence-electron chi connectivity index (χ4n) is 1.77. The lowest BCUT2D eigenvalue weighted by molar-refractivity contribution is -0.111. The summed E-state index contributed by atoms with van der Waals surface area (Å²) < 4.78 is 5.05. The zero-order chi connectivity index (χ0) is 15.1. The van der Waals surface area contributed by atoms with Gasteiger partial charge in [-0.05, 0) is 42.0 Å². The van der Waals surface area contributed by atoms with Crippen molar-refractivity contribution in [1.29, 1.82) is 5.26 Å². The summed E-state index contributed by atoms with van der Waals surface area (Å²) in [5.74, 6) is 0.472. The molecule has 104 valence electrons. The molecule has 2 aromatic carbocycles. The first-order valence-corrected chi connectivity index (χ1v) is 6.35. The number of amides is 1. The van der Waals surface area contributed by atoms with Crippen molar-refractivity contribution in [3.05, 3.63) is 65.7 Å². The maximum absolute atomic E-state index is 11.8. The van der Waals surface area contributed by atoms with Gasteiger partial charge in [0.2, 0.25) is 5.91 Å². The Morgan fingerprint density at radius 3 is 2.57 bits per heavy atom. The summed E-state index contributed by atoms with van der Waals surface area (Å²) >= 11 is 0. The van der Waals surface area contributed by atoms with Crippen molar-refractivity contribution in [3.8, 4) is 11.8 Å². The molecule has 1 N–H and O–H groups in total. The first-order valence-electron chi connectivity index (χ1n) is 6.35. The first-order chi connectivity index (χ1) is 10.2. The van der Waals surface area contributed by atoms with Gasteiger partial charge in [-0.2, -0.15) is 5.26 Å². The normalized spacial score (nSPS) is 10.1. The Hall–Kier alpha value is -3.06. The maximum Gasteiger partial charge on any atom is 0.248 e. The van der Waals surface area contributed by atoms with Crippen LogP contribution < -0.4 is 10.1 Å². The number of hydrogen-bond acceptors (Lipinski definition) is 3. The predicted octanol–water partition coefficient (Wildman–Crippen LogP) is 3.22. The summed E-state index contributed by atoms with van der Waals surface area (Å²) in [6.45, 7) is 0. The molecule has 0 heterocycles. The van der Waals surface area contributed by atoms with Crippen molar-refractivity contribution in [3.63, 3.8) is 0 Å². The van der Waals surface area contributed by atoms with Crippen molar-refractivity contribution in [2.75, 3.05) is 12.4 Å². The molecule has 0 aromatic heterocycles. The minimum atomic E-state index is -0.257. The highest BCUT2D eigenvalue weighted by molar-refractivity contribution is 6.02. The summed E-state index contributed by atoms with van der Waals surface area (Å²) in [5.41, 5.74) is 1.93. The second-order valence-corrected chi connectivity index (χ2v) is 4.25. The van der Waals surface area contributed by atoms with E-state index in [0.717, 1.165) is 5.75 Å². The zero-order valence-corrected chi connectivity index (χ0v) is 11.5. The largest absolute Gasteiger partial charge is 0.497 e. The number of rotatable bonds is 4. The van der Waals surface area contributed by atoms with Gasteiger partial charge in [-0.1, -0.05) is 18.2 Å². The van der Waals surface area contributed by atoms with Crippen molar-refractivity contribution in [2.45, 2.75) is 0 Å². The quantitative estimate of drug-likeness (QED) is 0.873. The van der Waals surface area contributed by atoms with E-state index in [1.807, 2.05) is 6.07 Å². The van der Waals surface area contributed by atoms with Crippen LogP contribution in [0.4, 0.5) is 5.69 Å². The number of carbonyl (C=O) groups is 1. The van der Waals surface area contributed by atoms with Gasteiger partial charge in [-0.25, -0.2) is 0 Å². The Balaban J connectivity index is 2.04. The molecular formula is C17H14N2O2. The highest BCUT2D eigenvalue weighted by Crippen LogP contribution is 2.15. The number of nitriles is 1.